The Kier molecular flexibility index (Phi) is 35.2. The van der Waals surface area contributed by atoms with Gasteiger partial charge in [0, 0.05) is 73.9 Å². The quantitative estimate of drug-likeness (QED) is 0.522. The monoisotopic (exact) mass is 503 g/mol. The standard InChI is InChI=1S/C4H9NO.C3H9NO2S.C3H8O2S.C2H7N.C2H6O2S.C2H6O/c1-4(6)5(2)3;1-4(2)7(3,5)6;1-3-6(2,4)5;1-3-2;1-5(2,3)4;1-3-2/h1-3H3;1-3H3;3H2,1-2H3;3H,1-2H3;1-2H3;1-2H3. The number of sulfonamides is 1. The van der Waals surface area contributed by atoms with Crippen LogP contribution in [-0.4, -0.2) is 128 Å². The average Bonchev–Trinajstić information content (AvgIpc) is 2.46. The second kappa shape index (κ2) is 24.5. The van der Waals surface area contributed by atoms with Crippen LogP contribution in [0.25, 0.3) is 0 Å². The number of hydrogen-bond acceptors (Lipinski definition) is 9. The normalized spacial score (nSPS) is 9.97. The van der Waals surface area contributed by atoms with Crippen LogP contribution in [-0.2, 0) is 39.2 Å². The lowest BCUT2D eigenvalue weighted by molar-refractivity contribution is -0.126. The van der Waals surface area contributed by atoms with Crippen LogP contribution in [0.15, 0.2) is 0 Å². The molecular weight excluding hydrogens is 458 g/mol. The number of sulfone groups is 2. The highest BCUT2D eigenvalue weighted by Crippen LogP contribution is 1.83. The molecule has 30 heavy (non-hydrogen) atoms. The van der Waals surface area contributed by atoms with E-state index in [0.717, 1.165) is 23.1 Å². The molecule has 0 saturated carbocycles. The van der Waals surface area contributed by atoms with Crippen LogP contribution >= 0.6 is 0 Å². The summed E-state index contributed by atoms with van der Waals surface area (Å²) in [5.74, 6) is 0.336. The maximum Gasteiger partial charge on any atom is 0.218 e. The summed E-state index contributed by atoms with van der Waals surface area (Å²) < 4.78 is 65.2. The second-order valence-corrected chi connectivity index (χ2v) is 13.1. The van der Waals surface area contributed by atoms with Gasteiger partial charge in [-0.25, -0.2) is 29.6 Å². The van der Waals surface area contributed by atoms with E-state index in [4.69, 9.17) is 0 Å². The Morgan fingerprint density at radius 2 is 0.933 bits per heavy atom. The topological polar surface area (TPSA) is 147 Å². The summed E-state index contributed by atoms with van der Waals surface area (Å²) in [6.07, 6.45) is 4.69. The number of methoxy groups -OCH3 is 1. The van der Waals surface area contributed by atoms with Crippen molar-refractivity contribution in [2.45, 2.75) is 13.8 Å². The molecular formula is C16H45N3O8S3. The van der Waals surface area contributed by atoms with E-state index in [1.807, 2.05) is 14.1 Å². The van der Waals surface area contributed by atoms with Crippen LogP contribution in [0.5, 0.6) is 0 Å². The molecule has 0 unspecified atom stereocenters. The Morgan fingerprint density at radius 1 is 0.833 bits per heavy atom. The molecule has 0 radical (unpaired) electrons. The average molecular weight is 504 g/mol. The van der Waals surface area contributed by atoms with E-state index in [-0.39, 0.29) is 11.7 Å². The Bertz CT molecular complexity index is 663. The molecule has 1 amide bonds. The zero-order valence-electron chi connectivity index (χ0n) is 21.1. The predicted molar refractivity (Wildman–Crippen MR) is 127 cm³/mol. The summed E-state index contributed by atoms with van der Waals surface area (Å²) in [7, 11) is 5.20. The van der Waals surface area contributed by atoms with Crippen molar-refractivity contribution in [3.63, 3.8) is 0 Å². The van der Waals surface area contributed by atoms with E-state index < -0.39 is 29.7 Å². The number of carbonyl (C=O) groups is 1. The number of ether oxygens (including phenoxy) is 1. The lowest BCUT2D eigenvalue weighted by Crippen LogP contribution is -2.19. The van der Waals surface area contributed by atoms with E-state index in [0.29, 0.717) is 0 Å². The van der Waals surface area contributed by atoms with Crippen LogP contribution in [0.2, 0.25) is 0 Å². The molecule has 0 aromatic rings. The van der Waals surface area contributed by atoms with Gasteiger partial charge in [0.05, 0.1) is 6.26 Å². The first-order valence-corrected chi connectivity index (χ1v) is 14.6. The molecule has 190 valence electrons. The molecule has 0 bridgehead atoms. The van der Waals surface area contributed by atoms with Gasteiger partial charge in [-0.3, -0.25) is 4.79 Å². The van der Waals surface area contributed by atoms with E-state index in [1.165, 1.54) is 32.2 Å². The van der Waals surface area contributed by atoms with Gasteiger partial charge in [0.15, 0.2) is 0 Å². The minimum absolute atomic E-state index is 0.0926. The molecule has 0 saturated heterocycles. The molecule has 0 spiro atoms. The fourth-order valence-corrected chi connectivity index (χ4v) is 0. The van der Waals surface area contributed by atoms with E-state index >= 15 is 0 Å². The van der Waals surface area contributed by atoms with E-state index in [2.05, 4.69) is 10.1 Å². The number of rotatable bonds is 2. The first kappa shape index (κ1) is 43.1. The number of hydrogen-bond donors (Lipinski definition) is 1. The van der Waals surface area contributed by atoms with Gasteiger partial charge in [-0.15, -0.1) is 0 Å². The van der Waals surface area contributed by atoms with Crippen LogP contribution in [0, 0.1) is 0 Å². The summed E-state index contributed by atoms with van der Waals surface area (Å²) in [6.45, 7) is 3.15. The number of nitrogens with zero attached hydrogens (tertiary/aromatic N) is 2. The zero-order chi connectivity index (χ0) is 26.4. The van der Waals surface area contributed by atoms with Crippen molar-refractivity contribution < 1.29 is 34.8 Å². The lowest BCUT2D eigenvalue weighted by Gasteiger charge is -2.02. The molecule has 0 atom stereocenters. The highest BCUT2D eigenvalue weighted by molar-refractivity contribution is 7.90. The van der Waals surface area contributed by atoms with Gasteiger partial charge in [0.25, 0.3) is 0 Å². The molecule has 0 fully saturated rings. The largest absolute Gasteiger partial charge is 0.388 e. The third-order valence-electron chi connectivity index (χ3n) is 1.82. The smallest absolute Gasteiger partial charge is 0.218 e. The third-order valence-corrected chi connectivity index (χ3v) is 4.19. The van der Waals surface area contributed by atoms with E-state index in [9.17, 15) is 30.0 Å². The van der Waals surface area contributed by atoms with Crippen molar-refractivity contribution in [3.05, 3.63) is 0 Å². The molecule has 11 nitrogen and oxygen atoms in total. The van der Waals surface area contributed by atoms with Gasteiger partial charge in [-0.1, -0.05) is 6.92 Å². The van der Waals surface area contributed by atoms with Crippen molar-refractivity contribution >= 4 is 35.6 Å². The molecule has 1 N–H and O–H groups in total. The molecule has 0 aromatic carbocycles. The van der Waals surface area contributed by atoms with Crippen molar-refractivity contribution in [1.82, 2.24) is 14.5 Å². The van der Waals surface area contributed by atoms with Crippen molar-refractivity contribution in [3.8, 4) is 0 Å². The van der Waals surface area contributed by atoms with E-state index in [1.54, 1.807) is 35.2 Å². The fraction of sp³-hybridized carbons (Fsp3) is 0.938. The SMILES string of the molecule is CC(=O)N(C)C.CCS(C)(=O)=O.CN(C)S(C)(=O)=O.CNC.COC.CS(C)(=O)=O. The molecule has 0 heterocycles. The van der Waals surface area contributed by atoms with Gasteiger partial charge in [0.1, 0.15) is 19.7 Å². The number of carbonyl (C=O) groups excluding carboxylic acids is 1. The highest BCUT2D eigenvalue weighted by Gasteiger charge is 2.01. The molecule has 0 aliphatic heterocycles. The minimum atomic E-state index is -2.91. The fourth-order valence-electron chi connectivity index (χ4n) is 0. The lowest BCUT2D eigenvalue weighted by atomic mass is 10.7. The first-order chi connectivity index (χ1) is 13.0. The Hall–Kier alpha value is -0.800. The van der Waals surface area contributed by atoms with Crippen LogP contribution < -0.4 is 5.32 Å². The first-order valence-electron chi connectivity index (χ1n) is 8.34. The van der Waals surface area contributed by atoms with Crippen LogP contribution in [0.1, 0.15) is 13.8 Å². The van der Waals surface area contributed by atoms with Gasteiger partial charge in [-0.2, -0.15) is 0 Å². The molecule has 0 aromatic heterocycles. The maximum atomic E-state index is 10.3. The summed E-state index contributed by atoms with van der Waals surface area (Å²) in [4.78, 5) is 11.6. The van der Waals surface area contributed by atoms with Gasteiger partial charge in [0.2, 0.25) is 15.9 Å². The molecule has 0 aliphatic carbocycles. The molecule has 0 aliphatic rings. The highest BCUT2D eigenvalue weighted by atomic mass is 32.2. The Balaban J connectivity index is -0.0000000591. The maximum absolute atomic E-state index is 10.3. The summed E-state index contributed by atoms with van der Waals surface area (Å²) in [5, 5.41) is 2.75. The number of amides is 1. The number of nitrogens with one attached hydrogen (secondary N) is 1. The third kappa shape index (κ3) is 125. The Labute approximate surface area is 186 Å². The van der Waals surface area contributed by atoms with Crippen LogP contribution in [0.4, 0.5) is 0 Å². The van der Waals surface area contributed by atoms with Gasteiger partial charge >= 0.3 is 0 Å². The summed E-state index contributed by atoms with van der Waals surface area (Å²) >= 11 is 0. The molecule has 14 heteroatoms. The summed E-state index contributed by atoms with van der Waals surface area (Å²) in [6, 6.07) is 0. The van der Waals surface area contributed by atoms with Crippen molar-refractivity contribution in [1.29, 1.82) is 0 Å². The molecule has 0 rings (SSSR count). The van der Waals surface area contributed by atoms with Crippen molar-refractivity contribution in [2.24, 2.45) is 0 Å². The van der Waals surface area contributed by atoms with Crippen molar-refractivity contribution in [2.75, 3.05) is 87.3 Å². The zero-order valence-corrected chi connectivity index (χ0v) is 23.5. The summed E-state index contributed by atoms with van der Waals surface area (Å²) in [5.41, 5.74) is 0. The second-order valence-electron chi connectivity index (χ2n) is 6.22. The van der Waals surface area contributed by atoms with Crippen LogP contribution in [0.3, 0.4) is 0 Å². The van der Waals surface area contributed by atoms with Gasteiger partial charge < -0.3 is 15.0 Å². The Morgan fingerprint density at radius 3 is 0.933 bits per heavy atom. The van der Waals surface area contributed by atoms with Gasteiger partial charge in [-0.05, 0) is 14.1 Å². The predicted octanol–water partition coefficient (Wildman–Crippen LogP) is -0.588. The minimum Gasteiger partial charge on any atom is -0.388 e.